The van der Waals surface area contributed by atoms with E-state index in [1.165, 1.54) is 0 Å². The highest BCUT2D eigenvalue weighted by Gasteiger charge is 2.16. The topological polar surface area (TPSA) is 96.4 Å². The summed E-state index contributed by atoms with van der Waals surface area (Å²) in [6, 6.07) is 7.51. The Balaban J connectivity index is 0.00000261. The van der Waals surface area contributed by atoms with Gasteiger partial charge >= 0.3 is 5.97 Å². The Morgan fingerprint density at radius 2 is 2.11 bits per heavy atom. The van der Waals surface area contributed by atoms with Crippen LogP contribution in [0.5, 0.6) is 0 Å². The van der Waals surface area contributed by atoms with Gasteiger partial charge in [0.2, 0.25) is 5.95 Å². The van der Waals surface area contributed by atoms with Crippen LogP contribution in [0.4, 0.5) is 17.5 Å². The molecule has 1 aromatic carbocycles. The van der Waals surface area contributed by atoms with Crippen molar-refractivity contribution in [3.05, 3.63) is 41.0 Å². The Morgan fingerprint density at radius 1 is 1.33 bits per heavy atom. The number of rotatable bonds is 8. The standard InChI is InChI=1S/C18H21ClN4O3.ClH/c19-15-11-21-18(23-17(15)20-10-14-2-1-9-26-14)22-13-6-3-12(4-7-13)5-8-16(24)25;/h3-4,6-7,11,14H,1-2,5,8-10H2,(H,24,25)(H2,20,21,22,23);1H. The molecule has 146 valence electrons. The van der Waals surface area contributed by atoms with E-state index in [4.69, 9.17) is 21.4 Å². The molecule has 1 fully saturated rings. The molecule has 2 aromatic rings. The third-order valence-electron chi connectivity index (χ3n) is 4.10. The molecule has 0 spiro atoms. The molecule has 0 bridgehead atoms. The monoisotopic (exact) mass is 412 g/mol. The van der Waals surface area contributed by atoms with E-state index in [1.807, 2.05) is 24.3 Å². The molecule has 7 nitrogen and oxygen atoms in total. The van der Waals surface area contributed by atoms with Crippen molar-refractivity contribution >= 4 is 47.4 Å². The van der Waals surface area contributed by atoms with Crippen LogP contribution in [0.1, 0.15) is 24.8 Å². The van der Waals surface area contributed by atoms with Crippen molar-refractivity contribution in [3.8, 4) is 0 Å². The molecule has 1 unspecified atom stereocenters. The highest BCUT2D eigenvalue weighted by molar-refractivity contribution is 6.32. The molecule has 0 saturated carbocycles. The van der Waals surface area contributed by atoms with Crippen LogP contribution in [-0.2, 0) is 16.0 Å². The van der Waals surface area contributed by atoms with E-state index in [0.29, 0.717) is 29.8 Å². The van der Waals surface area contributed by atoms with Crippen molar-refractivity contribution in [1.82, 2.24) is 9.97 Å². The highest BCUT2D eigenvalue weighted by atomic mass is 35.5. The van der Waals surface area contributed by atoms with Gasteiger partial charge in [-0.2, -0.15) is 4.98 Å². The van der Waals surface area contributed by atoms with Gasteiger partial charge in [-0.1, -0.05) is 23.7 Å². The van der Waals surface area contributed by atoms with Crippen LogP contribution in [0.15, 0.2) is 30.5 Å². The summed E-state index contributed by atoms with van der Waals surface area (Å²) in [4.78, 5) is 19.2. The second-order valence-electron chi connectivity index (χ2n) is 6.12. The SMILES string of the molecule is Cl.O=C(O)CCc1ccc(Nc2ncc(Cl)c(NCC3CCCO3)n2)cc1. The van der Waals surface area contributed by atoms with Gasteiger partial charge in [-0.05, 0) is 37.0 Å². The van der Waals surface area contributed by atoms with Crippen molar-refractivity contribution in [3.63, 3.8) is 0 Å². The maximum absolute atomic E-state index is 10.6. The number of aryl methyl sites for hydroxylation is 1. The fourth-order valence-electron chi connectivity index (χ4n) is 2.70. The second kappa shape index (κ2) is 10.3. The van der Waals surface area contributed by atoms with Crippen LogP contribution in [0.3, 0.4) is 0 Å². The average molecular weight is 413 g/mol. The molecule has 1 saturated heterocycles. The molecule has 1 atom stereocenters. The molecular formula is C18H22Cl2N4O3. The summed E-state index contributed by atoms with van der Waals surface area (Å²) >= 11 is 6.16. The number of halogens is 2. The van der Waals surface area contributed by atoms with E-state index in [1.54, 1.807) is 6.20 Å². The van der Waals surface area contributed by atoms with Gasteiger partial charge in [0.1, 0.15) is 5.02 Å². The first-order chi connectivity index (χ1) is 12.6. The van der Waals surface area contributed by atoms with Gasteiger partial charge in [-0.15, -0.1) is 12.4 Å². The first-order valence-corrected chi connectivity index (χ1v) is 8.94. The normalized spacial score (nSPS) is 15.8. The molecule has 3 rings (SSSR count). The number of carboxylic acids is 1. The van der Waals surface area contributed by atoms with Gasteiger partial charge < -0.3 is 20.5 Å². The Bertz CT molecular complexity index is 753. The lowest BCUT2D eigenvalue weighted by Crippen LogP contribution is -2.19. The zero-order valence-corrected chi connectivity index (χ0v) is 16.2. The number of carbonyl (C=O) groups is 1. The summed E-state index contributed by atoms with van der Waals surface area (Å²) < 4.78 is 5.58. The van der Waals surface area contributed by atoms with Crippen LogP contribution in [0.25, 0.3) is 0 Å². The van der Waals surface area contributed by atoms with Crippen molar-refractivity contribution in [2.45, 2.75) is 31.8 Å². The van der Waals surface area contributed by atoms with E-state index < -0.39 is 5.97 Å². The summed E-state index contributed by atoms with van der Waals surface area (Å²) in [6.45, 7) is 1.47. The fraction of sp³-hybridized carbons (Fsp3) is 0.389. The summed E-state index contributed by atoms with van der Waals surface area (Å²) in [5.74, 6) is 0.199. The van der Waals surface area contributed by atoms with E-state index in [-0.39, 0.29) is 24.9 Å². The summed E-state index contributed by atoms with van der Waals surface area (Å²) in [5, 5.41) is 15.5. The number of aromatic nitrogens is 2. The number of hydrogen-bond donors (Lipinski definition) is 3. The van der Waals surface area contributed by atoms with Crippen molar-refractivity contribution < 1.29 is 14.6 Å². The lowest BCUT2D eigenvalue weighted by molar-refractivity contribution is -0.136. The van der Waals surface area contributed by atoms with Crippen LogP contribution in [0.2, 0.25) is 5.02 Å². The molecule has 0 radical (unpaired) electrons. The van der Waals surface area contributed by atoms with E-state index in [0.717, 1.165) is 30.7 Å². The van der Waals surface area contributed by atoms with Crippen molar-refractivity contribution in [1.29, 1.82) is 0 Å². The molecule has 27 heavy (non-hydrogen) atoms. The zero-order chi connectivity index (χ0) is 18.4. The molecule has 1 aliphatic heterocycles. The van der Waals surface area contributed by atoms with Crippen LogP contribution in [-0.4, -0.2) is 40.3 Å². The molecule has 3 N–H and O–H groups in total. The lowest BCUT2D eigenvalue weighted by atomic mass is 10.1. The minimum absolute atomic E-state index is 0. The second-order valence-corrected chi connectivity index (χ2v) is 6.53. The molecule has 1 aromatic heterocycles. The summed E-state index contributed by atoms with van der Waals surface area (Å²) in [5.41, 5.74) is 1.78. The van der Waals surface area contributed by atoms with Crippen molar-refractivity contribution in [2.75, 3.05) is 23.8 Å². The van der Waals surface area contributed by atoms with Gasteiger partial charge in [0.25, 0.3) is 0 Å². The quantitative estimate of drug-likeness (QED) is 0.604. The van der Waals surface area contributed by atoms with Gasteiger partial charge in [-0.25, -0.2) is 4.98 Å². The van der Waals surface area contributed by atoms with Gasteiger partial charge in [-0.3, -0.25) is 4.79 Å². The average Bonchev–Trinajstić information content (AvgIpc) is 3.15. The first-order valence-electron chi connectivity index (χ1n) is 8.56. The molecule has 2 heterocycles. The number of carboxylic acid groups (broad SMARTS) is 1. The first kappa shape index (κ1) is 21.2. The Hall–Kier alpha value is -2.09. The Morgan fingerprint density at radius 3 is 2.78 bits per heavy atom. The summed E-state index contributed by atoms with van der Waals surface area (Å²) in [6.07, 6.45) is 4.48. The third-order valence-corrected chi connectivity index (χ3v) is 4.38. The predicted molar refractivity (Wildman–Crippen MR) is 107 cm³/mol. The maximum atomic E-state index is 10.6. The van der Waals surface area contributed by atoms with E-state index >= 15 is 0 Å². The molecule has 9 heteroatoms. The highest BCUT2D eigenvalue weighted by Crippen LogP contribution is 2.22. The summed E-state index contributed by atoms with van der Waals surface area (Å²) in [7, 11) is 0. The molecule has 0 aliphatic carbocycles. The number of anilines is 3. The number of benzene rings is 1. The minimum atomic E-state index is -0.801. The van der Waals surface area contributed by atoms with Crippen LogP contribution < -0.4 is 10.6 Å². The Kier molecular flexibility index (Phi) is 8.09. The fourth-order valence-corrected chi connectivity index (χ4v) is 2.86. The maximum Gasteiger partial charge on any atom is 0.303 e. The van der Waals surface area contributed by atoms with Crippen LogP contribution >= 0.6 is 24.0 Å². The molecule has 1 aliphatic rings. The van der Waals surface area contributed by atoms with Gasteiger partial charge in [0.05, 0.1) is 12.3 Å². The largest absolute Gasteiger partial charge is 0.481 e. The minimum Gasteiger partial charge on any atom is -0.481 e. The zero-order valence-electron chi connectivity index (χ0n) is 14.7. The molecule has 0 amide bonds. The number of aliphatic carboxylic acids is 1. The smallest absolute Gasteiger partial charge is 0.303 e. The van der Waals surface area contributed by atoms with E-state index in [2.05, 4.69) is 20.6 Å². The number of ether oxygens (including phenoxy) is 1. The number of nitrogens with one attached hydrogen (secondary N) is 2. The lowest BCUT2D eigenvalue weighted by Gasteiger charge is -2.13. The van der Waals surface area contributed by atoms with Gasteiger partial charge in [0.15, 0.2) is 5.82 Å². The molecular weight excluding hydrogens is 391 g/mol. The van der Waals surface area contributed by atoms with E-state index in [9.17, 15) is 4.79 Å². The Labute approximate surface area is 168 Å². The van der Waals surface area contributed by atoms with Crippen LogP contribution in [0, 0.1) is 0 Å². The number of hydrogen-bond acceptors (Lipinski definition) is 6. The van der Waals surface area contributed by atoms with Gasteiger partial charge in [0, 0.05) is 25.3 Å². The predicted octanol–water partition coefficient (Wildman–Crippen LogP) is 3.90. The number of nitrogens with zero attached hydrogens (tertiary/aromatic N) is 2. The van der Waals surface area contributed by atoms with Crippen molar-refractivity contribution in [2.24, 2.45) is 0 Å². The third kappa shape index (κ3) is 6.53.